The van der Waals surface area contributed by atoms with Crippen molar-refractivity contribution in [3.05, 3.63) is 60.1 Å². The van der Waals surface area contributed by atoms with Crippen LogP contribution in [0.25, 0.3) is 11.5 Å². The fourth-order valence-electron chi connectivity index (χ4n) is 2.95. The number of nitrogens with zero attached hydrogens (tertiary/aromatic N) is 3. The number of aromatic nitrogens is 3. The smallest absolute Gasteiger partial charge is 0.246 e. The number of carbonyl (C=O) groups is 1. The SMILES string of the molecule is O=C(NCc1nc(-c2ccccn2)no1)[C@@H]1CCOc2ccccc2C1. The summed E-state index contributed by atoms with van der Waals surface area (Å²) in [5.41, 5.74) is 1.69. The van der Waals surface area contributed by atoms with E-state index in [4.69, 9.17) is 9.26 Å². The van der Waals surface area contributed by atoms with Crippen LogP contribution in [0.15, 0.2) is 53.2 Å². The van der Waals surface area contributed by atoms with Crippen LogP contribution in [-0.2, 0) is 17.8 Å². The predicted molar refractivity (Wildman–Crippen MR) is 93.1 cm³/mol. The highest BCUT2D eigenvalue weighted by Crippen LogP contribution is 2.26. The first-order chi connectivity index (χ1) is 12.8. The van der Waals surface area contributed by atoms with Crippen molar-refractivity contribution in [1.29, 1.82) is 0 Å². The van der Waals surface area contributed by atoms with E-state index < -0.39 is 0 Å². The molecule has 0 aliphatic carbocycles. The predicted octanol–water partition coefficient (Wildman–Crippen LogP) is 2.39. The molecular weight excluding hydrogens is 332 g/mol. The maximum Gasteiger partial charge on any atom is 0.246 e. The molecule has 0 unspecified atom stereocenters. The summed E-state index contributed by atoms with van der Waals surface area (Å²) in [6, 6.07) is 13.3. The van der Waals surface area contributed by atoms with E-state index in [1.807, 2.05) is 36.4 Å². The summed E-state index contributed by atoms with van der Waals surface area (Å²) < 4.78 is 10.9. The van der Waals surface area contributed by atoms with Gasteiger partial charge in [-0.3, -0.25) is 9.78 Å². The molecule has 7 heteroatoms. The fraction of sp³-hybridized carbons (Fsp3) is 0.263. The number of hydrogen-bond acceptors (Lipinski definition) is 6. The lowest BCUT2D eigenvalue weighted by molar-refractivity contribution is -0.125. The molecule has 0 bridgehead atoms. The topological polar surface area (TPSA) is 90.1 Å². The Morgan fingerprint density at radius 3 is 2.96 bits per heavy atom. The normalized spacial score (nSPS) is 16.2. The molecule has 1 aromatic carbocycles. The minimum absolute atomic E-state index is 0.0390. The number of nitrogens with one attached hydrogen (secondary N) is 1. The number of ether oxygens (including phenoxy) is 1. The van der Waals surface area contributed by atoms with Crippen molar-refractivity contribution in [2.75, 3.05) is 6.61 Å². The van der Waals surface area contributed by atoms with Gasteiger partial charge in [0.25, 0.3) is 0 Å². The number of para-hydroxylation sites is 1. The van der Waals surface area contributed by atoms with E-state index in [1.54, 1.807) is 12.3 Å². The number of carbonyl (C=O) groups excluding carboxylic acids is 1. The Morgan fingerprint density at radius 1 is 1.19 bits per heavy atom. The molecule has 1 amide bonds. The summed E-state index contributed by atoms with van der Waals surface area (Å²) in [5, 5.41) is 6.78. The number of pyridine rings is 1. The third-order valence-corrected chi connectivity index (χ3v) is 4.31. The summed E-state index contributed by atoms with van der Waals surface area (Å²) in [6.45, 7) is 0.719. The van der Waals surface area contributed by atoms with Crippen molar-refractivity contribution >= 4 is 5.91 Å². The van der Waals surface area contributed by atoms with Crippen molar-refractivity contribution in [3.63, 3.8) is 0 Å². The number of benzene rings is 1. The third-order valence-electron chi connectivity index (χ3n) is 4.31. The molecule has 0 fully saturated rings. The van der Waals surface area contributed by atoms with Gasteiger partial charge < -0.3 is 14.6 Å². The van der Waals surface area contributed by atoms with Crippen LogP contribution in [0.1, 0.15) is 17.9 Å². The molecule has 3 heterocycles. The lowest BCUT2D eigenvalue weighted by atomic mass is 9.96. The summed E-state index contributed by atoms with van der Waals surface area (Å²) in [7, 11) is 0. The van der Waals surface area contributed by atoms with Gasteiger partial charge in [-0.05, 0) is 36.6 Å². The van der Waals surface area contributed by atoms with Crippen molar-refractivity contribution in [1.82, 2.24) is 20.4 Å². The van der Waals surface area contributed by atoms with E-state index in [9.17, 15) is 4.79 Å². The Kier molecular flexibility index (Phi) is 4.59. The van der Waals surface area contributed by atoms with Crippen molar-refractivity contribution < 1.29 is 14.1 Å². The van der Waals surface area contributed by atoms with Crippen LogP contribution in [0.3, 0.4) is 0 Å². The summed E-state index contributed by atoms with van der Waals surface area (Å²) in [4.78, 5) is 21.0. The maximum atomic E-state index is 12.5. The third kappa shape index (κ3) is 3.56. The Labute approximate surface area is 150 Å². The second-order valence-electron chi connectivity index (χ2n) is 6.09. The van der Waals surface area contributed by atoms with Gasteiger partial charge >= 0.3 is 0 Å². The minimum atomic E-state index is -0.142. The monoisotopic (exact) mass is 350 g/mol. The zero-order valence-electron chi connectivity index (χ0n) is 14.1. The molecule has 26 heavy (non-hydrogen) atoms. The molecule has 0 spiro atoms. The van der Waals surface area contributed by atoms with E-state index >= 15 is 0 Å². The highest BCUT2D eigenvalue weighted by atomic mass is 16.5. The standard InChI is InChI=1S/C19H18N4O3/c24-19(14-8-10-25-16-7-2-1-5-13(16)11-14)21-12-17-22-18(23-26-17)15-6-3-4-9-20-15/h1-7,9,14H,8,10-12H2,(H,21,24)/t14-/m1/s1. The molecule has 1 aliphatic rings. The lowest BCUT2D eigenvalue weighted by Gasteiger charge is -2.12. The molecule has 0 saturated carbocycles. The largest absolute Gasteiger partial charge is 0.493 e. The molecule has 1 atom stereocenters. The first kappa shape index (κ1) is 16.3. The van der Waals surface area contributed by atoms with Gasteiger partial charge in [-0.1, -0.05) is 29.4 Å². The molecule has 7 nitrogen and oxygen atoms in total. The van der Waals surface area contributed by atoms with Crippen LogP contribution in [0.5, 0.6) is 5.75 Å². The summed E-state index contributed by atoms with van der Waals surface area (Å²) >= 11 is 0. The Balaban J connectivity index is 1.38. The second-order valence-corrected chi connectivity index (χ2v) is 6.09. The van der Waals surface area contributed by atoms with Crippen LogP contribution < -0.4 is 10.1 Å². The maximum absolute atomic E-state index is 12.5. The van der Waals surface area contributed by atoms with Gasteiger partial charge in [-0.15, -0.1) is 0 Å². The van der Waals surface area contributed by atoms with Gasteiger partial charge in [0.2, 0.25) is 17.6 Å². The molecule has 2 aromatic heterocycles. The van der Waals surface area contributed by atoms with Crippen molar-refractivity contribution in [2.45, 2.75) is 19.4 Å². The highest BCUT2D eigenvalue weighted by Gasteiger charge is 2.24. The van der Waals surface area contributed by atoms with E-state index in [0.29, 0.717) is 36.9 Å². The molecule has 0 radical (unpaired) electrons. The molecule has 1 aliphatic heterocycles. The van der Waals surface area contributed by atoms with E-state index in [2.05, 4.69) is 20.4 Å². The zero-order valence-corrected chi connectivity index (χ0v) is 14.1. The molecule has 3 aromatic rings. The van der Waals surface area contributed by atoms with Crippen LogP contribution in [-0.4, -0.2) is 27.6 Å². The van der Waals surface area contributed by atoms with E-state index in [0.717, 1.165) is 11.3 Å². The van der Waals surface area contributed by atoms with Gasteiger partial charge in [-0.2, -0.15) is 4.98 Å². The molecule has 1 N–H and O–H groups in total. The Bertz CT molecular complexity index is 895. The first-order valence-electron chi connectivity index (χ1n) is 8.52. The average molecular weight is 350 g/mol. The molecule has 4 rings (SSSR count). The van der Waals surface area contributed by atoms with E-state index in [1.165, 1.54) is 0 Å². The van der Waals surface area contributed by atoms with Gasteiger partial charge in [-0.25, -0.2) is 0 Å². The van der Waals surface area contributed by atoms with Gasteiger partial charge in [0.05, 0.1) is 13.2 Å². The summed E-state index contributed by atoms with van der Waals surface area (Å²) in [6.07, 6.45) is 2.99. The molecule has 0 saturated heterocycles. The Hall–Kier alpha value is -3.22. The quantitative estimate of drug-likeness (QED) is 0.777. The van der Waals surface area contributed by atoms with Gasteiger partial charge in [0, 0.05) is 12.1 Å². The van der Waals surface area contributed by atoms with Crippen LogP contribution in [0.4, 0.5) is 0 Å². The number of rotatable bonds is 4. The minimum Gasteiger partial charge on any atom is -0.493 e. The fourth-order valence-corrected chi connectivity index (χ4v) is 2.95. The second kappa shape index (κ2) is 7.35. The van der Waals surface area contributed by atoms with Gasteiger partial charge in [0.15, 0.2) is 0 Å². The number of amides is 1. The van der Waals surface area contributed by atoms with Crippen molar-refractivity contribution in [2.24, 2.45) is 5.92 Å². The zero-order chi connectivity index (χ0) is 17.8. The molecule has 132 valence electrons. The van der Waals surface area contributed by atoms with E-state index in [-0.39, 0.29) is 18.4 Å². The van der Waals surface area contributed by atoms with Crippen LogP contribution >= 0.6 is 0 Å². The van der Waals surface area contributed by atoms with Crippen molar-refractivity contribution in [3.8, 4) is 17.3 Å². The Morgan fingerprint density at radius 2 is 2.08 bits per heavy atom. The summed E-state index contributed by atoms with van der Waals surface area (Å²) in [5.74, 6) is 1.44. The first-order valence-corrected chi connectivity index (χ1v) is 8.52. The number of hydrogen-bond donors (Lipinski definition) is 1. The van der Waals surface area contributed by atoms with Crippen LogP contribution in [0.2, 0.25) is 0 Å². The van der Waals surface area contributed by atoms with Gasteiger partial charge in [0.1, 0.15) is 11.4 Å². The average Bonchev–Trinajstić information content (AvgIpc) is 3.05. The number of fused-ring (bicyclic) bond motifs is 1. The van der Waals surface area contributed by atoms with Crippen LogP contribution in [0, 0.1) is 5.92 Å². The molecular formula is C19H18N4O3. The highest BCUT2D eigenvalue weighted by molar-refractivity contribution is 5.79. The lowest BCUT2D eigenvalue weighted by Crippen LogP contribution is -2.31.